The summed E-state index contributed by atoms with van der Waals surface area (Å²) in [6, 6.07) is 0. The van der Waals surface area contributed by atoms with E-state index in [2.05, 4.69) is 10.5 Å². The first kappa shape index (κ1) is 15.5. The Morgan fingerprint density at radius 1 is 1.35 bits per heavy atom. The normalized spacial score (nSPS) is 12.2. The van der Waals surface area contributed by atoms with Gasteiger partial charge < -0.3 is 21.9 Å². The molecule has 1 atom stereocenters. The summed E-state index contributed by atoms with van der Waals surface area (Å²) >= 11 is 0. The molecule has 17 heavy (non-hydrogen) atoms. The molecule has 100 valence electrons. The number of hydrogen-bond acceptors (Lipinski definition) is 4. The smallest absolute Gasteiger partial charge is 0.210 e. The number of hydroxylamine groups is 1. The van der Waals surface area contributed by atoms with Crippen molar-refractivity contribution in [1.29, 1.82) is 5.41 Å². The largest absolute Gasteiger partial charge is 0.379 e. The topological polar surface area (TPSA) is 145 Å². The molecule has 0 radical (unpaired) electrons. The van der Waals surface area contributed by atoms with Gasteiger partial charge in [0, 0.05) is 6.61 Å². The average molecular weight is 246 g/mol. The standard InChI is InChI=1S/C9H22N6O2/c1-6(2)16-5-3-4-7(14-8(10)11)17-15-9(12)13/h6-7H,3-5H2,1-2H3,(H4,10,11,14)(H4,12,13,15). The van der Waals surface area contributed by atoms with E-state index in [4.69, 9.17) is 32.2 Å². The van der Waals surface area contributed by atoms with Gasteiger partial charge in [-0.15, -0.1) is 0 Å². The number of nitrogens with zero attached hydrogens (tertiary/aromatic N) is 1. The predicted molar refractivity (Wildman–Crippen MR) is 66.1 cm³/mol. The van der Waals surface area contributed by atoms with Crippen LogP contribution in [0.4, 0.5) is 0 Å². The molecular weight excluding hydrogens is 224 g/mol. The monoisotopic (exact) mass is 246 g/mol. The highest BCUT2D eigenvalue weighted by Crippen LogP contribution is 2.03. The van der Waals surface area contributed by atoms with Crippen molar-refractivity contribution >= 4 is 11.9 Å². The molecule has 0 amide bonds. The Kier molecular flexibility index (Phi) is 7.82. The van der Waals surface area contributed by atoms with Crippen molar-refractivity contribution in [2.75, 3.05) is 6.61 Å². The molecule has 0 aromatic rings. The molecule has 0 rings (SSSR count). The van der Waals surface area contributed by atoms with Crippen LogP contribution in [0.1, 0.15) is 26.7 Å². The zero-order valence-electron chi connectivity index (χ0n) is 10.3. The number of rotatable bonds is 8. The second-order valence-electron chi connectivity index (χ2n) is 3.70. The molecular formula is C9H22N6O2. The van der Waals surface area contributed by atoms with Gasteiger partial charge in [0.05, 0.1) is 6.10 Å². The van der Waals surface area contributed by atoms with E-state index in [-0.39, 0.29) is 18.0 Å². The van der Waals surface area contributed by atoms with E-state index in [0.717, 1.165) is 6.42 Å². The molecule has 0 aliphatic rings. The van der Waals surface area contributed by atoms with E-state index in [1.165, 1.54) is 0 Å². The predicted octanol–water partition coefficient (Wildman–Crippen LogP) is -0.794. The number of aliphatic imine (C=N–C) groups is 1. The van der Waals surface area contributed by atoms with Crippen LogP contribution in [0.15, 0.2) is 4.99 Å². The van der Waals surface area contributed by atoms with E-state index in [9.17, 15) is 0 Å². The van der Waals surface area contributed by atoms with Gasteiger partial charge in [-0.05, 0) is 26.7 Å². The van der Waals surface area contributed by atoms with Gasteiger partial charge in [0.15, 0.2) is 12.2 Å². The van der Waals surface area contributed by atoms with E-state index in [1.54, 1.807) is 0 Å². The summed E-state index contributed by atoms with van der Waals surface area (Å²) in [5.74, 6) is -0.385. The quantitative estimate of drug-likeness (QED) is 0.164. The van der Waals surface area contributed by atoms with Crippen molar-refractivity contribution in [2.45, 2.75) is 39.0 Å². The third-order valence-corrected chi connectivity index (χ3v) is 1.64. The highest BCUT2D eigenvalue weighted by Gasteiger charge is 2.08. The van der Waals surface area contributed by atoms with Crippen molar-refractivity contribution in [3.63, 3.8) is 0 Å². The van der Waals surface area contributed by atoms with Crippen molar-refractivity contribution < 1.29 is 9.57 Å². The fourth-order valence-electron chi connectivity index (χ4n) is 1.02. The number of ether oxygens (including phenoxy) is 1. The Labute approximate surface area is 101 Å². The van der Waals surface area contributed by atoms with Gasteiger partial charge in [-0.3, -0.25) is 5.41 Å². The first-order valence-corrected chi connectivity index (χ1v) is 5.37. The Hall–Kier alpha value is -1.54. The SMILES string of the molecule is CC(C)OCCCC(N=C(N)N)ONC(=N)N. The summed E-state index contributed by atoms with van der Waals surface area (Å²) in [7, 11) is 0. The van der Waals surface area contributed by atoms with Gasteiger partial charge in [0.25, 0.3) is 0 Å². The molecule has 0 saturated carbocycles. The van der Waals surface area contributed by atoms with E-state index < -0.39 is 6.23 Å². The summed E-state index contributed by atoms with van der Waals surface area (Å²) in [5.41, 5.74) is 17.8. The Morgan fingerprint density at radius 3 is 2.47 bits per heavy atom. The highest BCUT2D eigenvalue weighted by atomic mass is 16.7. The molecule has 8 N–H and O–H groups in total. The van der Waals surface area contributed by atoms with Crippen LogP contribution >= 0.6 is 0 Å². The molecule has 8 heteroatoms. The average Bonchev–Trinajstić information content (AvgIpc) is 2.19. The van der Waals surface area contributed by atoms with E-state index in [0.29, 0.717) is 13.0 Å². The van der Waals surface area contributed by atoms with Gasteiger partial charge in [-0.1, -0.05) is 0 Å². The molecule has 0 heterocycles. The third-order valence-electron chi connectivity index (χ3n) is 1.64. The van der Waals surface area contributed by atoms with Crippen molar-refractivity contribution in [2.24, 2.45) is 22.2 Å². The van der Waals surface area contributed by atoms with Crippen LogP contribution in [-0.4, -0.2) is 30.9 Å². The lowest BCUT2D eigenvalue weighted by Gasteiger charge is -2.14. The third kappa shape index (κ3) is 10.7. The van der Waals surface area contributed by atoms with Crippen LogP contribution in [0, 0.1) is 5.41 Å². The van der Waals surface area contributed by atoms with Gasteiger partial charge in [0.2, 0.25) is 5.96 Å². The first-order chi connectivity index (χ1) is 7.91. The fraction of sp³-hybridized carbons (Fsp3) is 0.778. The molecule has 0 saturated heterocycles. The summed E-state index contributed by atoms with van der Waals surface area (Å²) in [4.78, 5) is 8.86. The van der Waals surface area contributed by atoms with Gasteiger partial charge >= 0.3 is 0 Å². The van der Waals surface area contributed by atoms with Crippen LogP contribution in [0.25, 0.3) is 0 Å². The van der Waals surface area contributed by atoms with Crippen molar-refractivity contribution in [3.05, 3.63) is 0 Å². The van der Waals surface area contributed by atoms with Crippen molar-refractivity contribution in [3.8, 4) is 0 Å². The number of guanidine groups is 2. The Morgan fingerprint density at radius 2 is 2.00 bits per heavy atom. The molecule has 0 aliphatic heterocycles. The Bertz CT molecular complexity index is 252. The van der Waals surface area contributed by atoms with Gasteiger partial charge in [0.1, 0.15) is 0 Å². The molecule has 1 unspecified atom stereocenters. The van der Waals surface area contributed by atoms with Crippen molar-refractivity contribution in [1.82, 2.24) is 5.48 Å². The van der Waals surface area contributed by atoms with Crippen LogP contribution < -0.4 is 22.7 Å². The summed E-state index contributed by atoms with van der Waals surface area (Å²) < 4.78 is 5.37. The number of nitrogens with one attached hydrogen (secondary N) is 2. The molecule has 8 nitrogen and oxygen atoms in total. The molecule has 0 bridgehead atoms. The second-order valence-corrected chi connectivity index (χ2v) is 3.70. The molecule has 0 aromatic carbocycles. The first-order valence-electron chi connectivity index (χ1n) is 5.37. The van der Waals surface area contributed by atoms with Crippen LogP contribution in [0.3, 0.4) is 0 Å². The minimum atomic E-state index is -0.584. The molecule has 0 aliphatic carbocycles. The fourth-order valence-corrected chi connectivity index (χ4v) is 1.02. The second kappa shape index (κ2) is 8.59. The zero-order chi connectivity index (χ0) is 13.3. The lowest BCUT2D eigenvalue weighted by atomic mass is 10.3. The van der Waals surface area contributed by atoms with Crippen LogP contribution in [0.5, 0.6) is 0 Å². The molecule has 0 spiro atoms. The summed E-state index contributed by atoms with van der Waals surface area (Å²) in [6.45, 7) is 4.51. The lowest BCUT2D eigenvalue weighted by molar-refractivity contribution is 0.0000704. The van der Waals surface area contributed by atoms with Crippen LogP contribution in [0.2, 0.25) is 0 Å². The zero-order valence-corrected chi connectivity index (χ0v) is 10.3. The minimum Gasteiger partial charge on any atom is -0.379 e. The van der Waals surface area contributed by atoms with E-state index in [1.807, 2.05) is 13.8 Å². The summed E-state index contributed by atoms with van der Waals surface area (Å²) in [6.07, 6.45) is 0.900. The Balaban J connectivity index is 3.94. The maximum Gasteiger partial charge on any atom is 0.210 e. The van der Waals surface area contributed by atoms with E-state index >= 15 is 0 Å². The molecule has 0 fully saturated rings. The molecule has 0 aromatic heterocycles. The highest BCUT2D eigenvalue weighted by molar-refractivity contribution is 5.75. The number of hydrogen-bond donors (Lipinski definition) is 5. The maximum atomic E-state index is 6.95. The van der Waals surface area contributed by atoms with Gasteiger partial charge in [-0.25, -0.2) is 15.3 Å². The van der Waals surface area contributed by atoms with Gasteiger partial charge in [-0.2, -0.15) is 0 Å². The summed E-state index contributed by atoms with van der Waals surface area (Å²) in [5, 5.41) is 6.95. The lowest BCUT2D eigenvalue weighted by Crippen LogP contribution is -2.35. The minimum absolute atomic E-state index is 0.0786. The number of nitrogens with two attached hydrogens (primary N) is 3. The maximum absolute atomic E-state index is 6.95. The van der Waals surface area contributed by atoms with Crippen LogP contribution in [-0.2, 0) is 9.57 Å².